The molecule has 0 radical (unpaired) electrons. The lowest BCUT2D eigenvalue weighted by molar-refractivity contribution is -0.126. The smallest absolute Gasteiger partial charge is 0.259 e. The van der Waals surface area contributed by atoms with Crippen LogP contribution in [0.5, 0.6) is 0 Å². The molecule has 176 valence electrons. The van der Waals surface area contributed by atoms with Gasteiger partial charge in [0.1, 0.15) is 11.5 Å². The number of pyridine rings is 1. The number of nitrogens with zero attached hydrogens (tertiary/aromatic N) is 3. The van der Waals surface area contributed by atoms with E-state index in [1.54, 1.807) is 25.0 Å². The first-order valence-corrected chi connectivity index (χ1v) is 11.3. The number of likely N-dealkylation sites (tertiary alicyclic amines) is 1. The van der Waals surface area contributed by atoms with Crippen molar-refractivity contribution in [1.82, 2.24) is 20.4 Å². The maximum absolute atomic E-state index is 13.5. The lowest BCUT2D eigenvalue weighted by Crippen LogP contribution is -2.43. The lowest BCUT2D eigenvalue weighted by Gasteiger charge is -2.31. The molecule has 0 saturated carbocycles. The van der Waals surface area contributed by atoms with Crippen LogP contribution in [-0.2, 0) is 9.53 Å². The van der Waals surface area contributed by atoms with Gasteiger partial charge in [0.2, 0.25) is 5.91 Å². The van der Waals surface area contributed by atoms with Crippen LogP contribution in [0.1, 0.15) is 46.8 Å². The molecule has 1 fully saturated rings. The van der Waals surface area contributed by atoms with E-state index in [1.807, 2.05) is 19.9 Å². The van der Waals surface area contributed by atoms with E-state index in [9.17, 15) is 9.59 Å². The first-order valence-electron chi connectivity index (χ1n) is 11.3. The molecular weight excluding hydrogens is 424 g/mol. The molecule has 33 heavy (non-hydrogen) atoms. The van der Waals surface area contributed by atoms with Crippen molar-refractivity contribution in [3.8, 4) is 11.3 Å². The molecule has 3 aromatic heterocycles. The van der Waals surface area contributed by atoms with Gasteiger partial charge in [0, 0.05) is 44.8 Å². The highest BCUT2D eigenvalue weighted by atomic mass is 16.5. The van der Waals surface area contributed by atoms with Crippen molar-refractivity contribution >= 4 is 22.9 Å². The maximum Gasteiger partial charge on any atom is 0.259 e. The van der Waals surface area contributed by atoms with Crippen LogP contribution >= 0.6 is 0 Å². The highest BCUT2D eigenvalue weighted by Gasteiger charge is 2.30. The molecule has 1 aliphatic heterocycles. The van der Waals surface area contributed by atoms with Crippen molar-refractivity contribution in [1.29, 1.82) is 0 Å². The van der Waals surface area contributed by atoms with E-state index in [4.69, 9.17) is 13.7 Å². The predicted octanol–water partition coefficient (Wildman–Crippen LogP) is 3.41. The molecule has 0 spiro atoms. The molecule has 0 aliphatic carbocycles. The van der Waals surface area contributed by atoms with Gasteiger partial charge < -0.3 is 23.9 Å². The number of carbonyl (C=O) groups excluding carboxylic acids is 2. The molecule has 0 bridgehead atoms. The Morgan fingerprint density at radius 1 is 1.21 bits per heavy atom. The van der Waals surface area contributed by atoms with Crippen molar-refractivity contribution in [3.63, 3.8) is 0 Å². The second kappa shape index (κ2) is 9.74. The van der Waals surface area contributed by atoms with Gasteiger partial charge in [-0.25, -0.2) is 4.98 Å². The topological polar surface area (TPSA) is 111 Å². The molecule has 0 atom stereocenters. The summed E-state index contributed by atoms with van der Waals surface area (Å²) in [6.07, 6.45) is 2.05. The summed E-state index contributed by atoms with van der Waals surface area (Å²) in [4.78, 5) is 32.4. The maximum atomic E-state index is 13.5. The zero-order chi connectivity index (χ0) is 23.5. The Hall–Kier alpha value is -3.20. The molecule has 1 N–H and O–H groups in total. The zero-order valence-corrected chi connectivity index (χ0v) is 19.6. The fourth-order valence-electron chi connectivity index (χ4n) is 4.37. The number of amides is 2. The van der Waals surface area contributed by atoms with Crippen LogP contribution in [0.25, 0.3) is 22.4 Å². The summed E-state index contributed by atoms with van der Waals surface area (Å²) in [6.45, 7) is 7.80. The highest BCUT2D eigenvalue weighted by Crippen LogP contribution is 2.31. The molecule has 9 heteroatoms. The molecule has 1 aliphatic rings. The Balaban J connectivity index is 1.52. The molecule has 1 saturated heterocycles. The molecule has 9 nitrogen and oxygen atoms in total. The standard InChI is InChI=1S/C24H30N4O5/c1-14-12-18(16(3)32-14)20-13-19(21-15(2)27-33-23(21)26-20)24(30)28-9-6-17(7-10-28)22(29)25-8-5-11-31-4/h12-13,17H,5-11H2,1-4H3,(H,25,29). The van der Waals surface area contributed by atoms with Gasteiger partial charge >= 0.3 is 0 Å². The summed E-state index contributed by atoms with van der Waals surface area (Å²) in [6, 6.07) is 3.69. The van der Waals surface area contributed by atoms with E-state index < -0.39 is 0 Å². The SMILES string of the molecule is COCCCNC(=O)C1CCN(C(=O)c2cc(-c3cc(C)oc3C)nc3onc(C)c23)CC1. The number of methoxy groups -OCH3 is 1. The van der Waals surface area contributed by atoms with Crippen LogP contribution in [0, 0.1) is 26.7 Å². The number of rotatable bonds is 7. The van der Waals surface area contributed by atoms with Crippen molar-refractivity contribution < 1.29 is 23.3 Å². The van der Waals surface area contributed by atoms with E-state index in [2.05, 4.69) is 15.5 Å². The van der Waals surface area contributed by atoms with Crippen molar-refractivity contribution in [2.24, 2.45) is 5.92 Å². The van der Waals surface area contributed by atoms with Crippen LogP contribution in [-0.4, -0.2) is 60.2 Å². The normalized spacial score (nSPS) is 14.7. The van der Waals surface area contributed by atoms with Crippen LogP contribution in [0.4, 0.5) is 0 Å². The number of carbonyl (C=O) groups is 2. The number of hydrogen-bond donors (Lipinski definition) is 1. The first kappa shape index (κ1) is 23.0. The fraction of sp³-hybridized carbons (Fsp3) is 0.500. The quantitative estimate of drug-likeness (QED) is 0.545. The third-order valence-corrected chi connectivity index (χ3v) is 6.14. The molecule has 2 amide bonds. The van der Waals surface area contributed by atoms with E-state index in [0.717, 1.165) is 23.5 Å². The number of nitrogens with one attached hydrogen (secondary N) is 1. The Kier molecular flexibility index (Phi) is 6.78. The minimum Gasteiger partial charge on any atom is -0.466 e. The summed E-state index contributed by atoms with van der Waals surface area (Å²) < 4.78 is 16.1. The summed E-state index contributed by atoms with van der Waals surface area (Å²) in [5.74, 6) is 1.36. The Morgan fingerprint density at radius 3 is 2.64 bits per heavy atom. The lowest BCUT2D eigenvalue weighted by atomic mass is 9.95. The van der Waals surface area contributed by atoms with Crippen LogP contribution in [0.2, 0.25) is 0 Å². The first-order chi connectivity index (χ1) is 15.9. The minimum atomic E-state index is -0.105. The van der Waals surface area contributed by atoms with Gasteiger partial charge in [-0.1, -0.05) is 5.16 Å². The van der Waals surface area contributed by atoms with E-state index in [1.165, 1.54) is 0 Å². The number of aromatic nitrogens is 2. The van der Waals surface area contributed by atoms with Crippen LogP contribution in [0.3, 0.4) is 0 Å². The fourth-order valence-corrected chi connectivity index (χ4v) is 4.37. The number of hydrogen-bond acceptors (Lipinski definition) is 7. The average Bonchev–Trinajstić information content (AvgIpc) is 3.36. The number of ether oxygens (including phenoxy) is 1. The number of aryl methyl sites for hydroxylation is 3. The molecule has 3 aromatic rings. The largest absolute Gasteiger partial charge is 0.466 e. The predicted molar refractivity (Wildman–Crippen MR) is 122 cm³/mol. The highest BCUT2D eigenvalue weighted by molar-refractivity contribution is 6.07. The molecule has 4 rings (SSSR count). The molecule has 4 heterocycles. The monoisotopic (exact) mass is 454 g/mol. The van der Waals surface area contributed by atoms with Gasteiger partial charge in [0.15, 0.2) is 0 Å². The number of fused-ring (bicyclic) bond motifs is 1. The molecule has 0 unspecified atom stereocenters. The Bertz CT molecular complexity index is 1160. The summed E-state index contributed by atoms with van der Waals surface area (Å²) >= 11 is 0. The van der Waals surface area contributed by atoms with Crippen molar-refractivity contribution in [3.05, 3.63) is 34.9 Å². The van der Waals surface area contributed by atoms with Gasteiger partial charge in [-0.2, -0.15) is 0 Å². The van der Waals surface area contributed by atoms with Crippen LogP contribution < -0.4 is 5.32 Å². The van der Waals surface area contributed by atoms with Crippen molar-refractivity contribution in [2.45, 2.75) is 40.0 Å². The third kappa shape index (κ3) is 4.78. The minimum absolute atomic E-state index is 0.0486. The second-order valence-electron chi connectivity index (χ2n) is 8.53. The molecular formula is C24H30N4O5. The number of furan rings is 1. The van der Waals surface area contributed by atoms with E-state index in [-0.39, 0.29) is 17.7 Å². The van der Waals surface area contributed by atoms with Gasteiger partial charge in [-0.3, -0.25) is 9.59 Å². The van der Waals surface area contributed by atoms with Crippen molar-refractivity contribution in [2.75, 3.05) is 33.4 Å². The average molecular weight is 455 g/mol. The summed E-state index contributed by atoms with van der Waals surface area (Å²) in [5.41, 5.74) is 2.90. The van der Waals surface area contributed by atoms with Gasteiger partial charge in [0.25, 0.3) is 11.6 Å². The second-order valence-corrected chi connectivity index (χ2v) is 8.53. The van der Waals surface area contributed by atoms with E-state index in [0.29, 0.717) is 67.1 Å². The summed E-state index contributed by atoms with van der Waals surface area (Å²) in [7, 11) is 1.65. The van der Waals surface area contributed by atoms with E-state index >= 15 is 0 Å². The van der Waals surface area contributed by atoms with Gasteiger partial charge in [0.05, 0.1) is 22.3 Å². The Labute approximate surface area is 192 Å². The zero-order valence-electron chi connectivity index (χ0n) is 19.6. The molecule has 0 aromatic carbocycles. The number of piperidine rings is 1. The summed E-state index contributed by atoms with van der Waals surface area (Å²) in [5, 5.41) is 7.62. The van der Waals surface area contributed by atoms with Crippen LogP contribution in [0.15, 0.2) is 21.1 Å². The van der Waals surface area contributed by atoms with Gasteiger partial charge in [-0.15, -0.1) is 0 Å². The Morgan fingerprint density at radius 2 is 1.97 bits per heavy atom. The third-order valence-electron chi connectivity index (χ3n) is 6.14. The van der Waals surface area contributed by atoms with Gasteiger partial charge in [-0.05, 0) is 52.2 Å².